The number of aliphatic imine (C=N–C) groups is 1. The van der Waals surface area contributed by atoms with E-state index in [4.69, 9.17) is 19.2 Å². The Bertz CT molecular complexity index is 667. The molecule has 0 amide bonds. The topological polar surface area (TPSA) is 55.3 Å². The van der Waals surface area contributed by atoms with Crippen LogP contribution >= 0.6 is 0 Å². The minimum absolute atomic E-state index is 0.150. The van der Waals surface area contributed by atoms with Crippen molar-refractivity contribution in [2.75, 3.05) is 39.4 Å². The zero-order chi connectivity index (χ0) is 20.6. The zero-order valence-electron chi connectivity index (χ0n) is 18.4. The van der Waals surface area contributed by atoms with Crippen molar-refractivity contribution in [3.8, 4) is 5.75 Å². The van der Waals surface area contributed by atoms with Crippen LogP contribution in [0.2, 0.25) is 0 Å². The maximum Gasteiger partial charge on any atom is 0.194 e. The molecule has 2 atom stereocenters. The molecule has 2 heterocycles. The number of rotatable bonds is 7. The van der Waals surface area contributed by atoms with Gasteiger partial charge in [0, 0.05) is 32.8 Å². The maximum absolute atomic E-state index is 6.07. The molecule has 2 unspecified atom stereocenters. The summed E-state index contributed by atoms with van der Waals surface area (Å²) in [5, 5.41) is 3.46. The summed E-state index contributed by atoms with van der Waals surface area (Å²) in [6.07, 6.45) is 8.96. The van der Waals surface area contributed by atoms with Crippen molar-refractivity contribution in [1.82, 2.24) is 10.2 Å². The summed E-state index contributed by atoms with van der Waals surface area (Å²) in [5.41, 5.74) is 1.30. The van der Waals surface area contributed by atoms with Crippen LogP contribution in [0, 0.1) is 0 Å². The van der Waals surface area contributed by atoms with Crippen molar-refractivity contribution in [3.63, 3.8) is 0 Å². The third kappa shape index (κ3) is 5.88. The highest BCUT2D eigenvalue weighted by atomic mass is 16.5. The van der Waals surface area contributed by atoms with E-state index >= 15 is 0 Å². The summed E-state index contributed by atoms with van der Waals surface area (Å²) in [6.45, 7) is 7.09. The Labute approximate surface area is 181 Å². The van der Waals surface area contributed by atoms with Crippen LogP contribution in [-0.2, 0) is 15.9 Å². The summed E-state index contributed by atoms with van der Waals surface area (Å²) in [5.74, 6) is 1.99. The molecule has 3 fully saturated rings. The highest BCUT2D eigenvalue weighted by molar-refractivity contribution is 5.80. The third-order valence-electron chi connectivity index (χ3n) is 6.30. The van der Waals surface area contributed by atoms with Crippen LogP contribution in [0.4, 0.5) is 0 Å². The van der Waals surface area contributed by atoms with Crippen molar-refractivity contribution in [3.05, 3.63) is 29.8 Å². The van der Waals surface area contributed by atoms with Gasteiger partial charge in [0.1, 0.15) is 11.9 Å². The molecule has 3 aliphatic rings. The SMILES string of the molecule is CCNC(=NCCc1ccc(OC2CCCC2)cc1)N1CCOC(C2CCCO2)C1. The number of hydrogen-bond donors (Lipinski definition) is 1. The van der Waals surface area contributed by atoms with E-state index in [-0.39, 0.29) is 12.2 Å². The molecule has 6 heteroatoms. The van der Waals surface area contributed by atoms with Crippen molar-refractivity contribution >= 4 is 5.96 Å². The number of ether oxygens (including phenoxy) is 3. The van der Waals surface area contributed by atoms with E-state index in [1.165, 1.54) is 31.2 Å². The molecule has 2 saturated heterocycles. The van der Waals surface area contributed by atoms with Gasteiger partial charge >= 0.3 is 0 Å². The summed E-state index contributed by atoms with van der Waals surface area (Å²) in [7, 11) is 0. The molecule has 166 valence electrons. The quantitative estimate of drug-likeness (QED) is 0.546. The monoisotopic (exact) mass is 415 g/mol. The van der Waals surface area contributed by atoms with Crippen LogP contribution in [-0.4, -0.2) is 68.6 Å². The van der Waals surface area contributed by atoms with Gasteiger partial charge in [-0.2, -0.15) is 0 Å². The molecule has 0 bridgehead atoms. The molecule has 1 aromatic rings. The first-order valence-corrected chi connectivity index (χ1v) is 11.8. The first kappa shape index (κ1) is 21.4. The number of nitrogens with zero attached hydrogens (tertiary/aromatic N) is 2. The van der Waals surface area contributed by atoms with E-state index < -0.39 is 0 Å². The van der Waals surface area contributed by atoms with Crippen molar-refractivity contribution < 1.29 is 14.2 Å². The van der Waals surface area contributed by atoms with Crippen molar-refractivity contribution in [2.45, 2.75) is 70.2 Å². The number of benzene rings is 1. The molecule has 2 aliphatic heterocycles. The molecule has 6 nitrogen and oxygen atoms in total. The summed E-state index contributed by atoms with van der Waals surface area (Å²) in [6, 6.07) is 8.57. The molecule has 1 saturated carbocycles. The fourth-order valence-electron chi connectivity index (χ4n) is 4.64. The van der Waals surface area contributed by atoms with Gasteiger partial charge in [-0.1, -0.05) is 12.1 Å². The van der Waals surface area contributed by atoms with E-state index in [0.29, 0.717) is 6.10 Å². The number of morpholine rings is 1. The van der Waals surface area contributed by atoms with Gasteiger partial charge in [0.2, 0.25) is 0 Å². The van der Waals surface area contributed by atoms with Gasteiger partial charge in [-0.3, -0.25) is 4.99 Å². The maximum atomic E-state index is 6.07. The van der Waals surface area contributed by atoms with Crippen LogP contribution in [0.25, 0.3) is 0 Å². The Morgan fingerprint density at radius 3 is 2.60 bits per heavy atom. The van der Waals surface area contributed by atoms with Gasteiger partial charge in [0.25, 0.3) is 0 Å². The fourth-order valence-corrected chi connectivity index (χ4v) is 4.64. The van der Waals surface area contributed by atoms with Gasteiger partial charge in [-0.15, -0.1) is 0 Å². The minimum Gasteiger partial charge on any atom is -0.490 e. The van der Waals surface area contributed by atoms with E-state index in [0.717, 1.165) is 70.4 Å². The number of guanidine groups is 1. The number of nitrogens with one attached hydrogen (secondary N) is 1. The second-order valence-electron chi connectivity index (χ2n) is 8.56. The molecule has 1 aromatic carbocycles. The Hall–Kier alpha value is -1.79. The zero-order valence-corrected chi connectivity index (χ0v) is 18.4. The molecule has 4 rings (SSSR count). The third-order valence-corrected chi connectivity index (χ3v) is 6.30. The van der Waals surface area contributed by atoms with E-state index in [1.54, 1.807) is 0 Å². The van der Waals surface area contributed by atoms with Gasteiger partial charge in [-0.05, 0) is 69.6 Å². The van der Waals surface area contributed by atoms with Crippen LogP contribution in [0.15, 0.2) is 29.3 Å². The van der Waals surface area contributed by atoms with Gasteiger partial charge in [0.05, 0.1) is 18.8 Å². The highest BCUT2D eigenvalue weighted by Gasteiger charge is 2.32. The Balaban J connectivity index is 1.29. The van der Waals surface area contributed by atoms with Gasteiger partial charge in [-0.25, -0.2) is 0 Å². The molecular weight excluding hydrogens is 378 g/mol. The van der Waals surface area contributed by atoms with E-state index in [1.807, 2.05) is 0 Å². The minimum atomic E-state index is 0.150. The van der Waals surface area contributed by atoms with Crippen LogP contribution in [0.3, 0.4) is 0 Å². The van der Waals surface area contributed by atoms with E-state index in [2.05, 4.69) is 41.4 Å². The highest BCUT2D eigenvalue weighted by Crippen LogP contribution is 2.24. The van der Waals surface area contributed by atoms with Crippen LogP contribution < -0.4 is 10.1 Å². The number of hydrogen-bond acceptors (Lipinski definition) is 4. The average molecular weight is 416 g/mol. The van der Waals surface area contributed by atoms with Crippen molar-refractivity contribution in [2.24, 2.45) is 4.99 Å². The Morgan fingerprint density at radius 1 is 1.07 bits per heavy atom. The molecular formula is C24H37N3O3. The smallest absolute Gasteiger partial charge is 0.194 e. The first-order valence-electron chi connectivity index (χ1n) is 11.8. The second kappa shape index (κ2) is 11.0. The summed E-state index contributed by atoms with van der Waals surface area (Å²) < 4.78 is 17.9. The van der Waals surface area contributed by atoms with Crippen LogP contribution in [0.1, 0.15) is 51.0 Å². The fraction of sp³-hybridized carbons (Fsp3) is 0.708. The molecule has 0 radical (unpaired) electrons. The van der Waals surface area contributed by atoms with Crippen molar-refractivity contribution in [1.29, 1.82) is 0 Å². The molecule has 1 aliphatic carbocycles. The molecule has 30 heavy (non-hydrogen) atoms. The predicted octanol–water partition coefficient (Wildman–Crippen LogP) is 3.40. The normalized spacial score (nSPS) is 25.6. The summed E-state index contributed by atoms with van der Waals surface area (Å²) in [4.78, 5) is 7.23. The molecule has 0 aromatic heterocycles. The summed E-state index contributed by atoms with van der Waals surface area (Å²) >= 11 is 0. The average Bonchev–Trinajstić information content (AvgIpc) is 3.49. The Morgan fingerprint density at radius 2 is 1.87 bits per heavy atom. The standard InChI is InChI=1S/C24H37N3O3/c1-2-25-24(27-15-17-29-23(18-27)22-8-5-16-28-22)26-14-13-19-9-11-21(12-10-19)30-20-6-3-4-7-20/h9-12,20,22-23H,2-8,13-18H2,1H3,(H,25,26). The lowest BCUT2D eigenvalue weighted by Gasteiger charge is -2.37. The predicted molar refractivity (Wildman–Crippen MR) is 119 cm³/mol. The molecule has 0 spiro atoms. The van der Waals surface area contributed by atoms with Gasteiger partial charge < -0.3 is 24.4 Å². The second-order valence-corrected chi connectivity index (χ2v) is 8.56. The lowest BCUT2D eigenvalue weighted by Crippen LogP contribution is -2.53. The first-order chi connectivity index (χ1) is 14.8. The lowest BCUT2D eigenvalue weighted by atomic mass is 10.1. The van der Waals surface area contributed by atoms with Crippen LogP contribution in [0.5, 0.6) is 5.75 Å². The largest absolute Gasteiger partial charge is 0.490 e. The van der Waals surface area contributed by atoms with Gasteiger partial charge in [0.15, 0.2) is 5.96 Å². The lowest BCUT2D eigenvalue weighted by molar-refractivity contribution is -0.0817. The Kier molecular flexibility index (Phi) is 7.87. The van der Waals surface area contributed by atoms with E-state index in [9.17, 15) is 0 Å². The molecule has 1 N–H and O–H groups in total.